The van der Waals surface area contributed by atoms with Crippen LogP contribution in [0.2, 0.25) is 5.02 Å². The number of hydrogen-bond donors (Lipinski definition) is 4. The zero-order valence-electron chi connectivity index (χ0n) is 74.7. The van der Waals surface area contributed by atoms with Gasteiger partial charge in [-0.1, -0.05) is 245 Å². The minimum absolute atomic E-state index is 0.00736. The van der Waals surface area contributed by atoms with Crippen LogP contribution in [0.25, 0.3) is 133 Å². The number of fused-ring (bicyclic) bond motifs is 12. The molecule has 2 amide bonds. The molecule has 680 valence electrons. The molecule has 0 spiro atoms. The number of anilines is 4. The summed E-state index contributed by atoms with van der Waals surface area (Å²) < 4.78 is 38.2. The van der Waals surface area contributed by atoms with Crippen LogP contribution in [-0.2, 0) is 4.74 Å². The molecular formula is C111H76Cl2N10O16. The van der Waals surface area contributed by atoms with Crippen molar-refractivity contribution in [2.45, 2.75) is 47.5 Å². The van der Waals surface area contributed by atoms with Crippen LogP contribution >= 0.6 is 23.2 Å². The third-order valence-corrected chi connectivity index (χ3v) is 25.3. The minimum atomic E-state index is -0.443. The highest BCUT2D eigenvalue weighted by Crippen LogP contribution is 2.49. The van der Waals surface area contributed by atoms with Crippen molar-refractivity contribution >= 4 is 164 Å². The predicted octanol–water partition coefficient (Wildman–Crippen LogP) is 24.5. The van der Waals surface area contributed by atoms with Gasteiger partial charge in [0.2, 0.25) is 0 Å². The van der Waals surface area contributed by atoms with E-state index in [-0.39, 0.29) is 46.5 Å². The second-order valence-electron chi connectivity index (χ2n) is 34.1. The first kappa shape index (κ1) is 88.1. The summed E-state index contributed by atoms with van der Waals surface area (Å²) in [6, 6.07) is 80.4. The van der Waals surface area contributed by atoms with Crippen molar-refractivity contribution in [1.29, 1.82) is 0 Å². The van der Waals surface area contributed by atoms with Gasteiger partial charge in [-0.3, -0.25) is 38.4 Å². The number of carbonyl (C=O) groups excluding carboxylic acids is 9. The van der Waals surface area contributed by atoms with Gasteiger partial charge in [0.15, 0.2) is 69.3 Å². The van der Waals surface area contributed by atoms with E-state index in [1.54, 1.807) is 72.8 Å². The van der Waals surface area contributed by atoms with Gasteiger partial charge in [-0.05, 0) is 129 Å². The van der Waals surface area contributed by atoms with Gasteiger partial charge in [0, 0.05) is 119 Å². The van der Waals surface area contributed by atoms with Gasteiger partial charge >= 0.3 is 5.97 Å². The lowest BCUT2D eigenvalue weighted by atomic mass is 9.87. The van der Waals surface area contributed by atoms with E-state index in [9.17, 15) is 43.2 Å². The Kier molecular flexibility index (Phi) is 23.1. The average molecular weight is 1880 g/mol. The fourth-order valence-corrected chi connectivity index (χ4v) is 18.5. The maximum absolute atomic E-state index is 13.2. The van der Waals surface area contributed by atoms with E-state index in [1.807, 2.05) is 229 Å². The van der Waals surface area contributed by atoms with Crippen molar-refractivity contribution in [2.75, 3.05) is 41.5 Å². The number of nitrogens with one attached hydrogen (secondary N) is 4. The van der Waals surface area contributed by atoms with Gasteiger partial charge in [-0.2, -0.15) is 0 Å². The molecule has 0 radical (unpaired) electrons. The molecule has 20 aromatic rings. The molecule has 6 aromatic heterocycles. The molecule has 0 saturated heterocycles. The fraction of sp³-hybridized carbons (Fsp3) is 0.108. The number of nitrogens with zero attached hydrogens (tertiary/aromatic N) is 6. The van der Waals surface area contributed by atoms with E-state index in [1.165, 1.54) is 0 Å². The largest absolute Gasteiger partial charge is 0.462 e. The number of aryl methyl sites for hydroxylation is 2. The van der Waals surface area contributed by atoms with E-state index in [0.29, 0.717) is 226 Å². The Morgan fingerprint density at radius 1 is 0.360 bits per heavy atom. The number of aromatic nitrogens is 6. The maximum Gasteiger partial charge on any atom is 0.340 e. The van der Waals surface area contributed by atoms with E-state index in [4.69, 9.17) is 55.1 Å². The summed E-state index contributed by atoms with van der Waals surface area (Å²) in [5.74, 6) is 3.09. The molecule has 26 rings (SSSR count). The Bertz CT molecular complexity index is 8590. The molecule has 4 N–H and O–H groups in total. The summed E-state index contributed by atoms with van der Waals surface area (Å²) >= 11 is 11.9. The van der Waals surface area contributed by atoms with Crippen LogP contribution < -0.4 is 21.3 Å². The summed E-state index contributed by atoms with van der Waals surface area (Å²) in [7, 11) is 0. The number of ether oxygens (including phenoxy) is 1. The number of amides is 2. The number of unbranched alkanes of at least 4 members (excludes halogenated alkanes) is 1. The molecule has 28 heteroatoms. The Balaban J connectivity index is 0.0000000996. The number of hydrogen-bond acceptors (Lipinski definition) is 24. The van der Waals surface area contributed by atoms with E-state index >= 15 is 0 Å². The molecule has 0 fully saturated rings. The standard InChI is InChI=1S/C22H14N2O3.C21H14N2O2.C19H16N2O3.C19H15NO4.C16H11ClN2O2.C14H6ClNO2/c1-12-6-8-13(9-7-12)23-22(26)17-11-10-16-18-19(17)24-27-21(18)15-5-3-2-4-14(15)20(16)25;1-12-5-4-6-13(11-12)22-16-9-10-17-19-18(16)20(24)14-7-2-3-8-15(14)21(19)25-23-17;1-10(2)9-20-19(23)14-8-7-13-15-16(14)21-24-18(15)12-6-4-3-5-11(12)17(13)22;1-2-3-10-23-19(22)14-9-8-13-15-16(14)20-24-18(15)12-7-5-4-6-11(12)17(13)21;17-7-8-18-11-5-6-12-14-13(11)15(20)9-3-1-2-4-10(9)16(14)21-19-12;15-9-5-6-10-12-11(9)13(17)7-3-1-2-4-8(7)14(12)18-16-10/h2-11H,1H3,(H,23,26);2-11,22H,1H3;3-8,10H,9H2,1-2H3,(H,20,23);4-9H,2-3,10H2,1H3;1-6,18H,7-8H2;1-6H. The highest BCUT2D eigenvalue weighted by molar-refractivity contribution is 6.39. The molecule has 6 aliphatic rings. The topological polar surface area (TPSA) is 367 Å². The smallest absolute Gasteiger partial charge is 0.340 e. The van der Waals surface area contributed by atoms with Crippen molar-refractivity contribution < 1.29 is 75.0 Å². The third kappa shape index (κ3) is 15.5. The number of rotatable bonds is 14. The van der Waals surface area contributed by atoms with Crippen molar-refractivity contribution in [1.82, 2.24) is 36.3 Å². The lowest BCUT2D eigenvalue weighted by Gasteiger charge is -2.18. The first-order valence-electron chi connectivity index (χ1n) is 44.7. The van der Waals surface area contributed by atoms with Crippen LogP contribution in [-0.4, -0.2) is 109 Å². The molecule has 0 saturated carbocycles. The average Bonchev–Trinajstić information content (AvgIpc) is 1.62. The van der Waals surface area contributed by atoms with Gasteiger partial charge in [0.05, 0.1) is 83.0 Å². The molecule has 0 bridgehead atoms. The van der Waals surface area contributed by atoms with Crippen LogP contribution in [0, 0.1) is 19.8 Å². The van der Waals surface area contributed by atoms with Crippen LogP contribution in [0.4, 0.5) is 22.7 Å². The van der Waals surface area contributed by atoms with Gasteiger partial charge in [-0.15, -0.1) is 11.6 Å². The zero-order chi connectivity index (χ0) is 95.7. The Morgan fingerprint density at radius 2 is 0.734 bits per heavy atom. The summed E-state index contributed by atoms with van der Waals surface area (Å²) in [4.78, 5) is 114. The van der Waals surface area contributed by atoms with Crippen molar-refractivity contribution in [2.24, 2.45) is 5.92 Å². The molecule has 0 aliphatic heterocycles. The molecule has 14 aromatic carbocycles. The number of halogens is 2. The second kappa shape index (κ2) is 36.4. The SMILES string of the molecule is CC(C)CNC(=O)c1ccc2c3c(onc13)-c1ccccc1C2=O.CCCCOC(=O)c1ccc2c3c(onc13)-c1ccccc1C2=O.Cc1ccc(NC(=O)c2ccc3c4c(onc24)-c2ccccc2C3=O)cc1.Cc1cccc(Nc2ccc3noc4c3c2C(=O)c2ccccc2-4)c1.O=C1c2ccccc2-c2onc3ccc(Cl)c1c23.O=C1c2ccccc2-c2onc3ccc(NCCCl)c1c23. The number of benzene rings is 14. The number of alkyl halides is 1. The van der Waals surface area contributed by atoms with E-state index in [2.05, 4.69) is 52.2 Å². The quantitative estimate of drug-likeness (QED) is 0.0446. The van der Waals surface area contributed by atoms with Gasteiger partial charge < -0.3 is 53.1 Å². The lowest BCUT2D eigenvalue weighted by molar-refractivity contribution is 0.0500. The highest BCUT2D eigenvalue weighted by Gasteiger charge is 2.39. The van der Waals surface area contributed by atoms with E-state index in [0.717, 1.165) is 74.1 Å². The molecule has 6 heterocycles. The molecule has 26 nitrogen and oxygen atoms in total. The first-order chi connectivity index (χ1) is 67.7. The summed E-state index contributed by atoms with van der Waals surface area (Å²) in [5.41, 5.74) is 21.3. The first-order valence-corrected chi connectivity index (χ1v) is 45.7. The maximum atomic E-state index is 13.2. The Hall–Kier alpha value is -17.5. The second-order valence-corrected chi connectivity index (χ2v) is 34.9. The molecular weight excluding hydrogens is 1800 g/mol. The Morgan fingerprint density at radius 3 is 1.17 bits per heavy atom. The normalized spacial score (nSPS) is 12.4. The monoisotopic (exact) mass is 1870 g/mol. The fourth-order valence-electron chi connectivity index (χ4n) is 18.2. The molecule has 0 unspecified atom stereocenters. The van der Waals surface area contributed by atoms with Crippen LogP contribution in [0.3, 0.4) is 0 Å². The van der Waals surface area contributed by atoms with Gasteiger partial charge in [-0.25, -0.2) is 4.79 Å². The third-order valence-electron chi connectivity index (χ3n) is 24.8. The molecule has 6 aliphatic carbocycles. The Labute approximate surface area is 799 Å². The van der Waals surface area contributed by atoms with Crippen LogP contribution in [0.15, 0.2) is 294 Å². The number of ketones is 6. The van der Waals surface area contributed by atoms with Crippen molar-refractivity contribution in [3.8, 4) is 67.9 Å². The van der Waals surface area contributed by atoms with Gasteiger partial charge in [0.1, 0.15) is 33.1 Å². The summed E-state index contributed by atoms with van der Waals surface area (Å²) in [5, 5.41) is 41.2. The van der Waals surface area contributed by atoms with Crippen molar-refractivity contribution in [3.05, 3.63) is 367 Å². The van der Waals surface area contributed by atoms with Crippen LogP contribution in [0.5, 0.6) is 0 Å². The van der Waals surface area contributed by atoms with Crippen LogP contribution in [0.1, 0.15) is 171 Å². The number of esters is 1. The van der Waals surface area contributed by atoms with E-state index < -0.39 is 5.97 Å². The number of carbonyl (C=O) groups is 9. The molecule has 0 atom stereocenters. The summed E-state index contributed by atoms with van der Waals surface area (Å²) in [6.45, 7) is 11.6. The highest BCUT2D eigenvalue weighted by atomic mass is 35.5. The molecule has 139 heavy (non-hydrogen) atoms. The van der Waals surface area contributed by atoms with Gasteiger partial charge in [0.25, 0.3) is 11.8 Å². The van der Waals surface area contributed by atoms with Crippen molar-refractivity contribution in [3.63, 3.8) is 0 Å². The minimum Gasteiger partial charge on any atom is -0.462 e. The summed E-state index contributed by atoms with van der Waals surface area (Å²) in [6.07, 6.45) is 1.75. The predicted molar refractivity (Wildman–Crippen MR) is 527 cm³/mol. The zero-order valence-corrected chi connectivity index (χ0v) is 76.2. The lowest BCUT2D eigenvalue weighted by Crippen LogP contribution is -2.27.